The SMILES string of the molecule is c1ccc(-c2ccc(-c3nc(-c4cccc(-c5ccccc5)c4)nc(-c4cc(-c5ccccc5)cc5c4oc4ccccc45)n3)cc2)cc1. The van der Waals surface area contributed by atoms with E-state index in [1.165, 1.54) is 0 Å². The smallest absolute Gasteiger partial charge is 0.167 e. The van der Waals surface area contributed by atoms with E-state index < -0.39 is 0 Å². The molecule has 0 radical (unpaired) electrons. The molecule has 0 unspecified atom stereocenters. The molecule has 0 saturated carbocycles. The van der Waals surface area contributed by atoms with Crippen LogP contribution >= 0.6 is 0 Å². The first-order valence-electron chi connectivity index (χ1n) is 16.4. The molecule has 0 N–H and O–H groups in total. The molecule has 0 spiro atoms. The van der Waals surface area contributed by atoms with Gasteiger partial charge in [0.25, 0.3) is 0 Å². The Kier molecular flexibility index (Phi) is 7.10. The van der Waals surface area contributed by atoms with E-state index in [4.69, 9.17) is 19.4 Å². The zero-order valence-electron chi connectivity index (χ0n) is 26.5. The van der Waals surface area contributed by atoms with Crippen LogP contribution in [0.4, 0.5) is 0 Å². The number of hydrogen-bond donors (Lipinski definition) is 0. The van der Waals surface area contributed by atoms with Crippen LogP contribution in [0.15, 0.2) is 180 Å². The van der Waals surface area contributed by atoms with Gasteiger partial charge in [0.1, 0.15) is 11.2 Å². The van der Waals surface area contributed by atoms with Gasteiger partial charge in [0.2, 0.25) is 0 Å². The zero-order chi connectivity index (χ0) is 32.6. The molecule has 0 aliphatic rings. The fraction of sp³-hybridized carbons (Fsp3) is 0. The number of furan rings is 1. The summed E-state index contributed by atoms with van der Waals surface area (Å²) in [5.41, 5.74) is 10.9. The molecule has 7 aromatic carbocycles. The van der Waals surface area contributed by atoms with Crippen LogP contribution in [-0.4, -0.2) is 15.0 Å². The van der Waals surface area contributed by atoms with Crippen molar-refractivity contribution in [1.82, 2.24) is 15.0 Å². The molecule has 0 saturated heterocycles. The third-order valence-corrected chi connectivity index (χ3v) is 8.94. The Labute approximate surface area is 284 Å². The molecule has 0 aliphatic heterocycles. The third-order valence-electron chi connectivity index (χ3n) is 8.94. The van der Waals surface area contributed by atoms with Crippen molar-refractivity contribution in [3.05, 3.63) is 176 Å². The van der Waals surface area contributed by atoms with Gasteiger partial charge < -0.3 is 4.42 Å². The van der Waals surface area contributed by atoms with Gasteiger partial charge in [0.05, 0.1) is 5.56 Å². The van der Waals surface area contributed by atoms with Crippen LogP contribution in [0.3, 0.4) is 0 Å². The standard InChI is InChI=1S/C45H29N3O/c1-4-13-30(14-5-1)33-23-25-34(26-24-33)43-46-44(36-20-12-19-35(27-36)31-15-6-2-7-16-31)48-45(47-43)40-29-37(32-17-8-3-9-18-32)28-39-38-21-10-11-22-41(38)49-42(39)40/h1-29H. The Morgan fingerprint density at radius 3 is 1.49 bits per heavy atom. The molecular formula is C45H29N3O. The number of benzene rings is 7. The summed E-state index contributed by atoms with van der Waals surface area (Å²) in [7, 11) is 0. The highest BCUT2D eigenvalue weighted by atomic mass is 16.3. The van der Waals surface area contributed by atoms with Crippen molar-refractivity contribution in [3.63, 3.8) is 0 Å². The highest BCUT2D eigenvalue weighted by molar-refractivity contribution is 6.11. The Bertz CT molecular complexity index is 2580. The van der Waals surface area contributed by atoms with Crippen LogP contribution in [0.2, 0.25) is 0 Å². The summed E-state index contributed by atoms with van der Waals surface area (Å²) >= 11 is 0. The zero-order valence-corrected chi connectivity index (χ0v) is 26.5. The highest BCUT2D eigenvalue weighted by Gasteiger charge is 2.20. The predicted molar refractivity (Wildman–Crippen MR) is 200 cm³/mol. The third kappa shape index (κ3) is 5.45. The van der Waals surface area contributed by atoms with E-state index in [2.05, 4.69) is 140 Å². The van der Waals surface area contributed by atoms with Crippen LogP contribution in [0.5, 0.6) is 0 Å². The maximum absolute atomic E-state index is 6.56. The first-order chi connectivity index (χ1) is 24.3. The van der Waals surface area contributed by atoms with E-state index in [1.807, 2.05) is 36.4 Å². The van der Waals surface area contributed by atoms with Crippen molar-refractivity contribution >= 4 is 21.9 Å². The summed E-state index contributed by atoms with van der Waals surface area (Å²) < 4.78 is 6.56. The molecular weight excluding hydrogens is 599 g/mol. The number of aromatic nitrogens is 3. The first-order valence-corrected chi connectivity index (χ1v) is 16.4. The van der Waals surface area contributed by atoms with Crippen LogP contribution in [0, 0.1) is 0 Å². The van der Waals surface area contributed by atoms with Crippen molar-refractivity contribution in [2.75, 3.05) is 0 Å². The monoisotopic (exact) mass is 627 g/mol. The second kappa shape index (κ2) is 12.2. The Balaban J connectivity index is 1.27. The van der Waals surface area contributed by atoms with Crippen LogP contribution < -0.4 is 0 Å². The van der Waals surface area contributed by atoms with Gasteiger partial charge in [0, 0.05) is 21.9 Å². The summed E-state index contributed by atoms with van der Waals surface area (Å²) in [6.07, 6.45) is 0. The lowest BCUT2D eigenvalue weighted by Crippen LogP contribution is -2.01. The molecule has 0 amide bonds. The molecule has 4 heteroatoms. The Morgan fingerprint density at radius 1 is 0.306 bits per heavy atom. The van der Waals surface area contributed by atoms with Crippen molar-refractivity contribution in [1.29, 1.82) is 0 Å². The van der Waals surface area contributed by atoms with E-state index in [1.54, 1.807) is 0 Å². The van der Waals surface area contributed by atoms with E-state index in [-0.39, 0.29) is 0 Å². The summed E-state index contributed by atoms with van der Waals surface area (Å²) in [4.78, 5) is 15.4. The minimum absolute atomic E-state index is 0.555. The maximum atomic E-state index is 6.56. The summed E-state index contributed by atoms with van der Waals surface area (Å²) in [6, 6.07) is 60.5. The van der Waals surface area contributed by atoms with Gasteiger partial charge in [-0.25, -0.2) is 15.0 Å². The highest BCUT2D eigenvalue weighted by Crippen LogP contribution is 2.39. The minimum Gasteiger partial charge on any atom is -0.455 e. The van der Waals surface area contributed by atoms with E-state index >= 15 is 0 Å². The molecule has 9 aromatic rings. The maximum Gasteiger partial charge on any atom is 0.167 e. The van der Waals surface area contributed by atoms with E-state index in [0.717, 1.165) is 72.0 Å². The molecule has 230 valence electrons. The van der Waals surface area contributed by atoms with Gasteiger partial charge in [-0.2, -0.15) is 0 Å². The molecule has 2 heterocycles. The Morgan fingerprint density at radius 2 is 0.796 bits per heavy atom. The van der Waals surface area contributed by atoms with Crippen molar-refractivity contribution in [2.24, 2.45) is 0 Å². The number of hydrogen-bond acceptors (Lipinski definition) is 4. The van der Waals surface area contributed by atoms with Gasteiger partial charge in [-0.15, -0.1) is 0 Å². The normalized spacial score (nSPS) is 11.3. The van der Waals surface area contributed by atoms with E-state index in [9.17, 15) is 0 Å². The number of nitrogens with zero attached hydrogens (tertiary/aromatic N) is 3. The molecule has 4 nitrogen and oxygen atoms in total. The van der Waals surface area contributed by atoms with Crippen LogP contribution in [0.1, 0.15) is 0 Å². The second-order valence-corrected chi connectivity index (χ2v) is 12.1. The van der Waals surface area contributed by atoms with Crippen LogP contribution in [-0.2, 0) is 0 Å². The van der Waals surface area contributed by atoms with Crippen molar-refractivity contribution in [3.8, 4) is 67.5 Å². The summed E-state index contributed by atoms with van der Waals surface area (Å²) in [6.45, 7) is 0. The summed E-state index contributed by atoms with van der Waals surface area (Å²) in [5, 5.41) is 2.08. The fourth-order valence-corrected chi connectivity index (χ4v) is 6.46. The molecule has 9 rings (SSSR count). The predicted octanol–water partition coefficient (Wildman–Crippen LogP) is 11.8. The van der Waals surface area contributed by atoms with Gasteiger partial charge in [-0.1, -0.05) is 152 Å². The lowest BCUT2D eigenvalue weighted by atomic mass is 9.98. The van der Waals surface area contributed by atoms with Gasteiger partial charge in [-0.3, -0.25) is 0 Å². The summed E-state index contributed by atoms with van der Waals surface area (Å²) in [5.74, 6) is 1.75. The molecule has 49 heavy (non-hydrogen) atoms. The lowest BCUT2D eigenvalue weighted by molar-refractivity contribution is 0.669. The number of fused-ring (bicyclic) bond motifs is 3. The lowest BCUT2D eigenvalue weighted by Gasteiger charge is -2.12. The molecule has 2 aromatic heterocycles. The van der Waals surface area contributed by atoms with Crippen molar-refractivity contribution in [2.45, 2.75) is 0 Å². The molecule has 0 fully saturated rings. The number of para-hydroxylation sites is 1. The second-order valence-electron chi connectivity index (χ2n) is 12.1. The largest absolute Gasteiger partial charge is 0.455 e. The fourth-order valence-electron chi connectivity index (χ4n) is 6.46. The average Bonchev–Trinajstić information content (AvgIpc) is 3.57. The first kappa shape index (κ1) is 28.6. The topological polar surface area (TPSA) is 51.8 Å². The van der Waals surface area contributed by atoms with Crippen molar-refractivity contribution < 1.29 is 4.42 Å². The van der Waals surface area contributed by atoms with Crippen LogP contribution in [0.25, 0.3) is 89.5 Å². The molecule has 0 aliphatic carbocycles. The quantitative estimate of drug-likeness (QED) is 0.184. The van der Waals surface area contributed by atoms with E-state index in [0.29, 0.717) is 17.5 Å². The average molecular weight is 628 g/mol. The number of rotatable bonds is 6. The van der Waals surface area contributed by atoms with Gasteiger partial charge >= 0.3 is 0 Å². The van der Waals surface area contributed by atoms with Gasteiger partial charge in [-0.05, 0) is 57.6 Å². The van der Waals surface area contributed by atoms with Gasteiger partial charge in [0.15, 0.2) is 17.5 Å². The minimum atomic E-state index is 0.555. The Hall–Kier alpha value is -6.65. The molecule has 0 atom stereocenters. The molecule has 0 bridgehead atoms.